The van der Waals surface area contributed by atoms with Gasteiger partial charge in [0.05, 0.1) is 6.04 Å². The van der Waals surface area contributed by atoms with Crippen LogP contribution in [0, 0.1) is 17.8 Å². The van der Waals surface area contributed by atoms with Crippen LogP contribution in [-0.4, -0.2) is 51.1 Å². The Morgan fingerprint density at radius 1 is 1.03 bits per heavy atom. The first-order chi connectivity index (χ1) is 16.6. The molecule has 8 nitrogen and oxygen atoms in total. The highest BCUT2D eigenvalue weighted by atomic mass is 16.6. The molecule has 3 N–H and O–H groups in total. The lowest BCUT2D eigenvalue weighted by Gasteiger charge is -2.27. The van der Waals surface area contributed by atoms with Gasteiger partial charge in [0.25, 0.3) is 5.91 Å². The average Bonchev–Trinajstić information content (AvgIpc) is 3.57. The quantitative estimate of drug-likeness (QED) is 0.506. The van der Waals surface area contributed by atoms with E-state index in [4.69, 9.17) is 4.74 Å². The molecule has 0 unspecified atom stereocenters. The van der Waals surface area contributed by atoms with E-state index in [-0.39, 0.29) is 23.8 Å². The normalized spacial score (nSPS) is 24.9. The van der Waals surface area contributed by atoms with E-state index in [0.29, 0.717) is 24.6 Å². The number of aliphatic carboxylic acids is 1. The third kappa shape index (κ3) is 6.19. The topological polar surface area (TPSA) is 112 Å². The Labute approximate surface area is 208 Å². The maximum absolute atomic E-state index is 13.5. The molecular weight excluding hydrogens is 446 g/mol. The van der Waals surface area contributed by atoms with Crippen LogP contribution in [0.1, 0.15) is 107 Å². The third-order valence-electron chi connectivity index (χ3n) is 8.01. The average molecular weight is 488 g/mol. The Balaban J connectivity index is 1.50. The summed E-state index contributed by atoms with van der Waals surface area (Å²) in [7, 11) is 0. The zero-order valence-corrected chi connectivity index (χ0v) is 21.3. The molecule has 35 heavy (non-hydrogen) atoms. The summed E-state index contributed by atoms with van der Waals surface area (Å²) in [6, 6.07) is 2.51. The van der Waals surface area contributed by atoms with Gasteiger partial charge in [0.2, 0.25) is 0 Å². The largest absolute Gasteiger partial charge is 0.480 e. The van der Waals surface area contributed by atoms with E-state index in [1.165, 1.54) is 19.3 Å². The number of nitrogens with one attached hydrogen (secondary N) is 2. The van der Waals surface area contributed by atoms with Crippen LogP contribution in [0.15, 0.2) is 12.1 Å². The number of rotatable bonds is 6. The number of carboxylic acids is 1. The second-order valence-corrected chi connectivity index (χ2v) is 11.7. The fourth-order valence-corrected chi connectivity index (χ4v) is 6.32. The van der Waals surface area contributed by atoms with Crippen LogP contribution in [0.25, 0.3) is 0 Å². The SMILES string of the molecule is CC(C)(C)OC(=O)N[C@H](c1ccc(C(=O)N2C[C@H](C3CCCCC3)C[C@H]2C(=O)O)[nH]1)C1CCCC1. The summed E-state index contributed by atoms with van der Waals surface area (Å²) in [5.41, 5.74) is 0.544. The molecule has 2 aliphatic carbocycles. The molecule has 3 atom stereocenters. The molecule has 8 heteroatoms. The van der Waals surface area contributed by atoms with Crippen molar-refractivity contribution < 1.29 is 24.2 Å². The van der Waals surface area contributed by atoms with Crippen molar-refractivity contribution in [2.75, 3.05) is 6.54 Å². The van der Waals surface area contributed by atoms with Crippen LogP contribution < -0.4 is 5.32 Å². The molecule has 2 saturated carbocycles. The zero-order valence-electron chi connectivity index (χ0n) is 21.3. The van der Waals surface area contributed by atoms with Gasteiger partial charge in [-0.3, -0.25) is 4.79 Å². The number of carbonyl (C=O) groups is 3. The van der Waals surface area contributed by atoms with Crippen molar-refractivity contribution >= 4 is 18.0 Å². The summed E-state index contributed by atoms with van der Waals surface area (Å²) < 4.78 is 5.49. The highest BCUT2D eigenvalue weighted by molar-refractivity contribution is 5.95. The summed E-state index contributed by atoms with van der Waals surface area (Å²) in [5.74, 6) is -0.191. The number of amides is 2. The van der Waals surface area contributed by atoms with Gasteiger partial charge in [0.1, 0.15) is 17.3 Å². The molecule has 194 valence electrons. The molecule has 0 aromatic carbocycles. The number of hydrogen-bond acceptors (Lipinski definition) is 4. The number of likely N-dealkylation sites (tertiary alicyclic amines) is 1. The minimum absolute atomic E-state index is 0.245. The first-order valence-corrected chi connectivity index (χ1v) is 13.3. The molecule has 2 heterocycles. The Morgan fingerprint density at radius 3 is 2.31 bits per heavy atom. The van der Waals surface area contributed by atoms with Crippen molar-refractivity contribution in [3.05, 3.63) is 23.5 Å². The molecule has 2 amide bonds. The Morgan fingerprint density at radius 2 is 1.69 bits per heavy atom. The number of nitrogens with zero attached hydrogens (tertiary/aromatic N) is 1. The van der Waals surface area contributed by atoms with Crippen LogP contribution in [0.3, 0.4) is 0 Å². The highest BCUT2D eigenvalue weighted by Crippen LogP contribution is 2.39. The fourth-order valence-electron chi connectivity index (χ4n) is 6.32. The number of carboxylic acid groups (broad SMARTS) is 1. The van der Waals surface area contributed by atoms with Crippen LogP contribution in [0.4, 0.5) is 4.79 Å². The van der Waals surface area contributed by atoms with E-state index in [0.717, 1.165) is 44.2 Å². The van der Waals surface area contributed by atoms with Gasteiger partial charge in [-0.1, -0.05) is 44.9 Å². The van der Waals surface area contributed by atoms with Crippen molar-refractivity contribution in [2.24, 2.45) is 17.8 Å². The van der Waals surface area contributed by atoms with Gasteiger partial charge in [-0.15, -0.1) is 0 Å². The van der Waals surface area contributed by atoms with Crippen LogP contribution in [0.2, 0.25) is 0 Å². The van der Waals surface area contributed by atoms with Gasteiger partial charge in [-0.2, -0.15) is 0 Å². The number of hydrogen-bond donors (Lipinski definition) is 3. The second-order valence-electron chi connectivity index (χ2n) is 11.7. The molecule has 0 bridgehead atoms. The number of carbonyl (C=O) groups excluding carboxylic acids is 2. The summed E-state index contributed by atoms with van der Waals surface area (Å²) in [6.07, 6.45) is 10.2. The van der Waals surface area contributed by atoms with Gasteiger partial charge in [-0.25, -0.2) is 9.59 Å². The predicted octanol–water partition coefficient (Wildman–Crippen LogP) is 5.27. The number of alkyl carbamates (subject to hydrolysis) is 1. The van der Waals surface area contributed by atoms with E-state index in [9.17, 15) is 19.5 Å². The second kappa shape index (κ2) is 10.6. The number of H-pyrrole nitrogens is 1. The van der Waals surface area contributed by atoms with Gasteiger partial charge in [-0.05, 0) is 69.9 Å². The van der Waals surface area contributed by atoms with E-state index in [1.54, 1.807) is 11.0 Å². The number of ether oxygens (including phenoxy) is 1. The fraction of sp³-hybridized carbons (Fsp3) is 0.741. The van der Waals surface area contributed by atoms with Crippen LogP contribution >= 0.6 is 0 Å². The first-order valence-electron chi connectivity index (χ1n) is 13.3. The number of aromatic amines is 1. The van der Waals surface area contributed by atoms with Gasteiger partial charge in [0.15, 0.2) is 0 Å². The lowest BCUT2D eigenvalue weighted by atomic mass is 9.79. The van der Waals surface area contributed by atoms with Crippen LogP contribution in [0.5, 0.6) is 0 Å². The Kier molecular flexibility index (Phi) is 7.77. The molecule has 3 aliphatic rings. The van der Waals surface area contributed by atoms with Crippen molar-refractivity contribution in [3.63, 3.8) is 0 Å². The summed E-state index contributed by atoms with van der Waals surface area (Å²) in [6.45, 7) is 5.99. The maximum Gasteiger partial charge on any atom is 0.408 e. The monoisotopic (exact) mass is 487 g/mol. The lowest BCUT2D eigenvalue weighted by Crippen LogP contribution is -2.41. The molecule has 0 radical (unpaired) electrons. The van der Waals surface area contributed by atoms with Gasteiger partial charge < -0.3 is 25.0 Å². The van der Waals surface area contributed by atoms with E-state index in [1.807, 2.05) is 26.8 Å². The van der Waals surface area contributed by atoms with E-state index >= 15 is 0 Å². The van der Waals surface area contributed by atoms with Crippen molar-refractivity contribution in [1.29, 1.82) is 0 Å². The van der Waals surface area contributed by atoms with E-state index < -0.39 is 23.7 Å². The summed E-state index contributed by atoms with van der Waals surface area (Å²) in [4.78, 5) is 42.9. The van der Waals surface area contributed by atoms with Crippen molar-refractivity contribution in [1.82, 2.24) is 15.2 Å². The van der Waals surface area contributed by atoms with E-state index in [2.05, 4.69) is 10.3 Å². The molecule has 1 aromatic rings. The summed E-state index contributed by atoms with van der Waals surface area (Å²) >= 11 is 0. The third-order valence-corrected chi connectivity index (χ3v) is 8.01. The predicted molar refractivity (Wildman–Crippen MR) is 132 cm³/mol. The minimum Gasteiger partial charge on any atom is -0.480 e. The van der Waals surface area contributed by atoms with Crippen molar-refractivity contribution in [2.45, 2.75) is 103 Å². The maximum atomic E-state index is 13.5. The number of aromatic nitrogens is 1. The molecule has 1 aromatic heterocycles. The molecule has 1 saturated heterocycles. The highest BCUT2D eigenvalue weighted by Gasteiger charge is 2.43. The standard InChI is InChI=1S/C27H41N3O5/c1-27(2,3)35-26(34)29-23(18-11-7-8-12-18)20-13-14-21(28-20)24(31)30-16-19(15-22(30)25(32)33)17-9-5-4-6-10-17/h13-14,17-19,22-23,28H,4-12,15-16H2,1-3H3,(H,29,34)(H,32,33)/t19-,22+,23+/m1/s1. The van der Waals surface area contributed by atoms with Crippen LogP contribution in [-0.2, 0) is 9.53 Å². The zero-order chi connectivity index (χ0) is 25.2. The van der Waals surface area contributed by atoms with Gasteiger partial charge in [0, 0.05) is 12.2 Å². The van der Waals surface area contributed by atoms with Gasteiger partial charge >= 0.3 is 12.1 Å². The lowest BCUT2D eigenvalue weighted by molar-refractivity contribution is -0.141. The Bertz CT molecular complexity index is 908. The molecule has 4 rings (SSSR count). The molecular formula is C27H41N3O5. The minimum atomic E-state index is -0.932. The summed E-state index contributed by atoms with van der Waals surface area (Å²) in [5, 5.41) is 12.9. The molecule has 0 spiro atoms. The Hall–Kier alpha value is -2.51. The molecule has 1 aliphatic heterocycles. The first kappa shape index (κ1) is 25.6. The smallest absolute Gasteiger partial charge is 0.408 e. The van der Waals surface area contributed by atoms with Crippen molar-refractivity contribution in [3.8, 4) is 0 Å². The molecule has 3 fully saturated rings.